The smallest absolute Gasteiger partial charge is 0.249 e. The lowest BCUT2D eigenvalue weighted by molar-refractivity contribution is 0.100. The maximum Gasteiger partial charge on any atom is 0.249 e. The van der Waals surface area contributed by atoms with E-state index in [4.69, 9.17) is 21.8 Å². The minimum Gasteiger partial charge on any atom is -0.443 e. The number of carbonyl (C=O) groups excluding carboxylic acids is 1. The zero-order valence-electron chi connectivity index (χ0n) is 8.31. The summed E-state index contributed by atoms with van der Waals surface area (Å²) in [4.78, 5) is 15.1. The Morgan fingerprint density at radius 2 is 2.31 bits per heavy atom. The highest BCUT2D eigenvalue weighted by atomic mass is 35.5. The van der Waals surface area contributed by atoms with E-state index in [1.165, 1.54) is 12.6 Å². The van der Waals surface area contributed by atoms with Crippen LogP contribution in [0.25, 0.3) is 11.3 Å². The molecule has 0 saturated carbocycles. The topological polar surface area (TPSA) is 69.1 Å². The Bertz CT molecular complexity index is 509. The number of hydrogen-bond acceptors (Lipinski definition) is 3. The Labute approximate surface area is 97.0 Å². The van der Waals surface area contributed by atoms with Gasteiger partial charge in [-0.25, -0.2) is 4.98 Å². The van der Waals surface area contributed by atoms with E-state index in [1.54, 1.807) is 12.1 Å². The number of alkyl halides is 1. The lowest BCUT2D eigenvalue weighted by atomic mass is 10.00. The molecule has 4 nitrogen and oxygen atoms in total. The van der Waals surface area contributed by atoms with Crippen molar-refractivity contribution in [1.29, 1.82) is 0 Å². The molecule has 1 heterocycles. The number of carbonyl (C=O) groups is 1. The van der Waals surface area contributed by atoms with Gasteiger partial charge in [0, 0.05) is 11.4 Å². The molecular formula is C11H9ClN2O2. The molecule has 2 N–H and O–H groups in total. The second-order valence-electron chi connectivity index (χ2n) is 3.20. The number of benzene rings is 1. The number of primary amides is 1. The van der Waals surface area contributed by atoms with Crippen molar-refractivity contribution in [3.8, 4) is 11.3 Å². The molecule has 0 aliphatic heterocycles. The first kappa shape index (κ1) is 10.7. The number of nitrogens with two attached hydrogens (primary N) is 1. The van der Waals surface area contributed by atoms with E-state index in [0.29, 0.717) is 16.9 Å². The van der Waals surface area contributed by atoms with Crippen molar-refractivity contribution in [3.63, 3.8) is 0 Å². The van der Waals surface area contributed by atoms with Gasteiger partial charge in [0.05, 0.1) is 11.8 Å². The quantitative estimate of drug-likeness (QED) is 0.831. The lowest BCUT2D eigenvalue weighted by Crippen LogP contribution is -2.13. The molecule has 0 bridgehead atoms. The first-order valence-electron chi connectivity index (χ1n) is 4.60. The highest BCUT2D eigenvalue weighted by Gasteiger charge is 2.16. The molecule has 1 amide bonds. The van der Waals surface area contributed by atoms with Crippen molar-refractivity contribution >= 4 is 17.5 Å². The molecule has 1 aromatic carbocycles. The zero-order valence-corrected chi connectivity index (χ0v) is 9.07. The predicted octanol–water partition coefficient (Wildman–Crippen LogP) is 2.18. The van der Waals surface area contributed by atoms with Gasteiger partial charge in [-0.05, 0) is 11.6 Å². The molecule has 0 spiro atoms. The Morgan fingerprint density at radius 3 is 2.88 bits per heavy atom. The van der Waals surface area contributed by atoms with E-state index < -0.39 is 5.91 Å². The fraction of sp³-hybridized carbons (Fsp3) is 0.0909. The summed E-state index contributed by atoms with van der Waals surface area (Å²) in [6, 6.07) is 5.19. The van der Waals surface area contributed by atoms with E-state index in [9.17, 15) is 4.79 Å². The number of amides is 1. The van der Waals surface area contributed by atoms with Crippen molar-refractivity contribution in [1.82, 2.24) is 4.98 Å². The van der Waals surface area contributed by atoms with Crippen LogP contribution in [0.2, 0.25) is 0 Å². The Kier molecular flexibility index (Phi) is 2.92. The molecule has 1 aromatic heterocycles. The molecule has 2 rings (SSSR count). The Morgan fingerprint density at radius 1 is 1.50 bits per heavy atom. The number of hydrogen-bond donors (Lipinski definition) is 1. The van der Waals surface area contributed by atoms with Crippen LogP contribution >= 0.6 is 11.6 Å². The van der Waals surface area contributed by atoms with Gasteiger partial charge in [-0.15, -0.1) is 11.6 Å². The van der Waals surface area contributed by atoms with E-state index in [-0.39, 0.29) is 5.88 Å². The maximum absolute atomic E-state index is 11.3. The molecule has 0 fully saturated rings. The lowest BCUT2D eigenvalue weighted by Gasteiger charge is -2.08. The molecule has 0 aliphatic rings. The van der Waals surface area contributed by atoms with Crippen LogP contribution in [-0.2, 0) is 5.88 Å². The molecule has 0 radical (unpaired) electrons. The van der Waals surface area contributed by atoms with Gasteiger partial charge in [0.25, 0.3) is 0 Å². The second-order valence-corrected chi connectivity index (χ2v) is 3.47. The molecule has 0 atom stereocenters. The molecule has 0 saturated heterocycles. The third-order valence-corrected chi connectivity index (χ3v) is 2.53. The van der Waals surface area contributed by atoms with Gasteiger partial charge >= 0.3 is 0 Å². The molecule has 82 valence electrons. The van der Waals surface area contributed by atoms with E-state index in [0.717, 1.165) is 5.56 Å². The number of oxazole rings is 1. The van der Waals surface area contributed by atoms with E-state index in [2.05, 4.69) is 4.98 Å². The van der Waals surface area contributed by atoms with Gasteiger partial charge < -0.3 is 10.2 Å². The monoisotopic (exact) mass is 236 g/mol. The SMILES string of the molecule is NC(=O)c1cccc(CCl)c1-c1cnco1. The van der Waals surface area contributed by atoms with Gasteiger partial charge in [-0.3, -0.25) is 4.79 Å². The average Bonchev–Trinajstić information content (AvgIpc) is 2.81. The van der Waals surface area contributed by atoms with Crippen LogP contribution < -0.4 is 5.73 Å². The van der Waals surface area contributed by atoms with Crippen molar-refractivity contribution in [3.05, 3.63) is 41.9 Å². The highest BCUT2D eigenvalue weighted by Crippen LogP contribution is 2.28. The van der Waals surface area contributed by atoms with Gasteiger partial charge in [-0.1, -0.05) is 12.1 Å². The minimum atomic E-state index is -0.515. The summed E-state index contributed by atoms with van der Waals surface area (Å²) in [5, 5.41) is 0. The fourth-order valence-electron chi connectivity index (χ4n) is 1.55. The van der Waals surface area contributed by atoms with Crippen LogP contribution in [0.1, 0.15) is 15.9 Å². The van der Waals surface area contributed by atoms with E-state index in [1.807, 2.05) is 6.07 Å². The van der Waals surface area contributed by atoms with Crippen LogP contribution in [0.5, 0.6) is 0 Å². The van der Waals surface area contributed by atoms with Crippen molar-refractivity contribution in [2.75, 3.05) is 0 Å². The first-order valence-corrected chi connectivity index (χ1v) is 5.14. The van der Waals surface area contributed by atoms with Gasteiger partial charge in [0.1, 0.15) is 0 Å². The second kappa shape index (κ2) is 4.37. The highest BCUT2D eigenvalue weighted by molar-refractivity contribution is 6.17. The number of halogens is 1. The fourth-order valence-corrected chi connectivity index (χ4v) is 1.77. The third-order valence-electron chi connectivity index (χ3n) is 2.24. The van der Waals surface area contributed by atoms with Crippen LogP contribution in [0.3, 0.4) is 0 Å². The van der Waals surface area contributed by atoms with Crippen LogP contribution in [0, 0.1) is 0 Å². The number of aromatic nitrogens is 1. The van der Waals surface area contributed by atoms with Crippen LogP contribution in [-0.4, -0.2) is 10.9 Å². The van der Waals surface area contributed by atoms with Gasteiger partial charge in [0.2, 0.25) is 5.91 Å². The summed E-state index contributed by atoms with van der Waals surface area (Å²) in [6.45, 7) is 0. The Hall–Kier alpha value is -1.81. The van der Waals surface area contributed by atoms with E-state index >= 15 is 0 Å². The average molecular weight is 237 g/mol. The van der Waals surface area contributed by atoms with Crippen LogP contribution in [0.4, 0.5) is 0 Å². The molecular weight excluding hydrogens is 228 g/mol. The number of rotatable bonds is 3. The third kappa shape index (κ3) is 1.79. The Balaban J connectivity index is 2.68. The van der Waals surface area contributed by atoms with Crippen molar-refractivity contribution < 1.29 is 9.21 Å². The molecule has 0 unspecified atom stereocenters. The normalized spacial score (nSPS) is 10.3. The minimum absolute atomic E-state index is 0.275. The van der Waals surface area contributed by atoms with Gasteiger partial charge in [0.15, 0.2) is 12.2 Å². The summed E-state index contributed by atoms with van der Waals surface area (Å²) in [5.74, 6) is 0.250. The summed E-state index contributed by atoms with van der Waals surface area (Å²) in [7, 11) is 0. The standard InChI is InChI=1S/C11H9ClN2O2/c12-4-7-2-1-3-8(11(13)15)10(7)9-5-14-6-16-9/h1-3,5-6H,4H2,(H2,13,15). The largest absolute Gasteiger partial charge is 0.443 e. The molecule has 2 aromatic rings. The summed E-state index contributed by atoms with van der Waals surface area (Å²) >= 11 is 5.81. The number of nitrogens with zero attached hydrogens (tertiary/aromatic N) is 1. The van der Waals surface area contributed by atoms with Crippen molar-refractivity contribution in [2.24, 2.45) is 5.73 Å². The molecule has 5 heteroatoms. The summed E-state index contributed by atoms with van der Waals surface area (Å²) in [6.07, 6.45) is 2.82. The zero-order chi connectivity index (χ0) is 11.5. The van der Waals surface area contributed by atoms with Crippen molar-refractivity contribution in [2.45, 2.75) is 5.88 Å². The predicted molar refractivity (Wildman–Crippen MR) is 60.0 cm³/mol. The van der Waals surface area contributed by atoms with Crippen LogP contribution in [0.15, 0.2) is 35.2 Å². The summed E-state index contributed by atoms with van der Waals surface area (Å²) < 4.78 is 5.18. The molecule has 0 aliphatic carbocycles. The molecule has 16 heavy (non-hydrogen) atoms. The first-order chi connectivity index (χ1) is 7.74. The van der Waals surface area contributed by atoms with Gasteiger partial charge in [-0.2, -0.15) is 0 Å². The summed E-state index contributed by atoms with van der Waals surface area (Å²) in [5.41, 5.74) is 7.08. The maximum atomic E-state index is 11.3.